The molecule has 1 aliphatic carbocycles. The van der Waals surface area contributed by atoms with Crippen molar-refractivity contribution in [2.24, 2.45) is 0 Å². The van der Waals surface area contributed by atoms with Crippen molar-refractivity contribution in [3.05, 3.63) is 89.2 Å². The van der Waals surface area contributed by atoms with Crippen LogP contribution in [-0.2, 0) is 37.7 Å². The smallest absolute Gasteiger partial charge is 0.418 e. The van der Waals surface area contributed by atoms with Crippen LogP contribution < -0.4 is 5.32 Å². The fraction of sp³-hybridized carbons (Fsp3) is 0.290. The number of alkyl halides is 3. The van der Waals surface area contributed by atoms with E-state index in [1.54, 1.807) is 24.3 Å². The summed E-state index contributed by atoms with van der Waals surface area (Å²) in [6.45, 7) is 0.741. The van der Waals surface area contributed by atoms with Crippen molar-refractivity contribution >= 4 is 29.5 Å². The lowest BCUT2D eigenvalue weighted by atomic mass is 9.93. The van der Waals surface area contributed by atoms with Gasteiger partial charge >= 0.3 is 12.3 Å². The molecule has 0 saturated carbocycles. The van der Waals surface area contributed by atoms with Gasteiger partial charge < -0.3 is 15.0 Å². The van der Waals surface area contributed by atoms with Crippen molar-refractivity contribution < 1.29 is 41.5 Å². The number of carbonyl (C=O) groups is 4. The largest absolute Gasteiger partial charge is 0.427 e. The molecule has 5 rings (SSSR count). The third-order valence-electron chi connectivity index (χ3n) is 7.72. The van der Waals surface area contributed by atoms with Crippen LogP contribution in [0, 0.1) is 5.82 Å². The van der Waals surface area contributed by atoms with E-state index in [9.17, 15) is 36.7 Å². The Hall–Kier alpha value is -4.74. The normalized spacial score (nSPS) is 18.4. The lowest BCUT2D eigenvalue weighted by Gasteiger charge is -2.31. The van der Waals surface area contributed by atoms with Crippen LogP contribution >= 0.6 is 0 Å². The number of aryl methyl sites for hydroxylation is 1. The van der Waals surface area contributed by atoms with Crippen molar-refractivity contribution in [2.45, 2.75) is 51.1 Å². The lowest BCUT2D eigenvalue weighted by Crippen LogP contribution is -2.51. The highest BCUT2D eigenvalue weighted by molar-refractivity contribution is 6.06. The van der Waals surface area contributed by atoms with Crippen molar-refractivity contribution in [3.63, 3.8) is 0 Å². The molecule has 0 aromatic heterocycles. The molecule has 1 N–H and O–H groups in total. The van der Waals surface area contributed by atoms with Gasteiger partial charge in [0.2, 0.25) is 17.4 Å². The maximum Gasteiger partial charge on any atom is 0.418 e. The average Bonchev–Trinajstić information content (AvgIpc) is 3.43. The molecule has 0 bridgehead atoms. The summed E-state index contributed by atoms with van der Waals surface area (Å²) in [7, 11) is 0. The van der Waals surface area contributed by atoms with Crippen LogP contribution in [0.1, 0.15) is 37.0 Å². The fourth-order valence-electron chi connectivity index (χ4n) is 5.41. The summed E-state index contributed by atoms with van der Waals surface area (Å²) in [6.07, 6.45) is -5.42. The van der Waals surface area contributed by atoms with Crippen molar-refractivity contribution in [2.75, 3.05) is 11.9 Å². The first-order chi connectivity index (χ1) is 20.3. The number of nitrogens with one attached hydrogen (secondary N) is 1. The Morgan fingerprint density at radius 2 is 1.67 bits per heavy atom. The molecule has 1 aliphatic heterocycles. The molecular formula is C31H27F4N3O5. The molecule has 12 heteroatoms. The van der Waals surface area contributed by atoms with Crippen LogP contribution in [-0.4, -0.2) is 52.4 Å². The number of rotatable bonds is 7. The van der Waals surface area contributed by atoms with Crippen LogP contribution in [0.4, 0.5) is 28.0 Å². The van der Waals surface area contributed by atoms with E-state index >= 15 is 0 Å². The van der Waals surface area contributed by atoms with Gasteiger partial charge in [-0.25, -0.2) is 14.1 Å². The summed E-state index contributed by atoms with van der Waals surface area (Å²) < 4.78 is 59.9. The predicted octanol–water partition coefficient (Wildman–Crippen LogP) is 5.55. The second-order valence-corrected chi connectivity index (χ2v) is 10.6. The average molecular weight is 598 g/mol. The molecule has 3 aromatic rings. The molecule has 1 saturated heterocycles. The lowest BCUT2D eigenvalue weighted by molar-refractivity contribution is -0.187. The number of nitrogens with zero attached hydrogens (tertiary/aromatic N) is 2. The maximum absolute atomic E-state index is 13.7. The Bertz CT molecular complexity index is 1590. The summed E-state index contributed by atoms with van der Waals surface area (Å²) >= 11 is 0. The Labute approximate surface area is 244 Å². The zero-order chi connectivity index (χ0) is 31.1. The molecule has 224 valence electrons. The maximum atomic E-state index is 13.7. The number of imide groups is 1. The molecule has 1 fully saturated rings. The first kappa shape index (κ1) is 29.7. The molecule has 8 nitrogen and oxygen atoms in total. The molecule has 3 aromatic carbocycles. The summed E-state index contributed by atoms with van der Waals surface area (Å²) in [5, 5.41) is 2.69. The highest BCUT2D eigenvalue weighted by atomic mass is 19.4. The minimum Gasteiger partial charge on any atom is -0.427 e. The molecule has 0 radical (unpaired) electrons. The minimum absolute atomic E-state index is 0.112. The number of halogens is 4. The van der Waals surface area contributed by atoms with Gasteiger partial charge in [-0.1, -0.05) is 42.5 Å². The predicted molar refractivity (Wildman–Crippen MR) is 147 cm³/mol. The number of fused-ring (bicyclic) bond motifs is 2. The van der Waals surface area contributed by atoms with Gasteiger partial charge in [0.1, 0.15) is 18.4 Å². The number of benzene rings is 3. The third kappa shape index (κ3) is 5.81. The molecule has 0 unspecified atom stereocenters. The first-order valence-electron chi connectivity index (χ1n) is 13.5. The second-order valence-electron chi connectivity index (χ2n) is 10.6. The molecule has 4 amide bonds. The van der Waals surface area contributed by atoms with Gasteiger partial charge in [-0.15, -0.1) is 0 Å². The monoisotopic (exact) mass is 597 g/mol. The van der Waals surface area contributed by atoms with E-state index in [2.05, 4.69) is 5.32 Å². The molecule has 1 spiro atoms. The number of hydrogen-bond acceptors (Lipinski definition) is 5. The Kier molecular flexibility index (Phi) is 7.72. The summed E-state index contributed by atoms with van der Waals surface area (Å²) in [5.41, 5.74) is 2.06. The van der Waals surface area contributed by atoms with E-state index in [0.29, 0.717) is 27.5 Å². The van der Waals surface area contributed by atoms with Crippen molar-refractivity contribution in [3.8, 4) is 11.1 Å². The minimum atomic E-state index is -4.79. The zero-order valence-electron chi connectivity index (χ0n) is 23.2. The molecular weight excluding hydrogens is 570 g/mol. The van der Waals surface area contributed by atoms with Gasteiger partial charge in [0, 0.05) is 31.1 Å². The van der Waals surface area contributed by atoms with Gasteiger partial charge in [-0.05, 0) is 59.9 Å². The second kappa shape index (κ2) is 11.2. The van der Waals surface area contributed by atoms with Crippen LogP contribution in [0.15, 0.2) is 66.7 Å². The van der Waals surface area contributed by atoms with Crippen molar-refractivity contribution in [1.82, 2.24) is 9.80 Å². The third-order valence-corrected chi connectivity index (χ3v) is 7.72. The van der Waals surface area contributed by atoms with Crippen LogP contribution in [0.3, 0.4) is 0 Å². The van der Waals surface area contributed by atoms with Gasteiger partial charge in [0.15, 0.2) is 0 Å². The highest BCUT2D eigenvalue weighted by Gasteiger charge is 2.58. The van der Waals surface area contributed by atoms with E-state index in [0.717, 1.165) is 35.7 Å². The van der Waals surface area contributed by atoms with Gasteiger partial charge in [-0.2, -0.15) is 13.2 Å². The van der Waals surface area contributed by atoms with Crippen LogP contribution in [0.25, 0.3) is 11.1 Å². The van der Waals surface area contributed by atoms with E-state index in [1.165, 1.54) is 19.1 Å². The van der Waals surface area contributed by atoms with E-state index in [4.69, 9.17) is 4.74 Å². The number of hydrogen-bond donors (Lipinski definition) is 1. The van der Waals surface area contributed by atoms with E-state index in [1.807, 2.05) is 18.2 Å². The van der Waals surface area contributed by atoms with Crippen LogP contribution in [0.2, 0.25) is 0 Å². The van der Waals surface area contributed by atoms with Crippen LogP contribution in [0.5, 0.6) is 0 Å². The summed E-state index contributed by atoms with van der Waals surface area (Å²) in [4.78, 5) is 52.1. The van der Waals surface area contributed by atoms with Gasteiger partial charge in [0.05, 0.1) is 0 Å². The van der Waals surface area contributed by atoms with Crippen molar-refractivity contribution in [1.29, 1.82) is 0 Å². The summed E-state index contributed by atoms with van der Waals surface area (Å²) in [6, 6.07) is 14.8. The van der Waals surface area contributed by atoms with E-state index < -0.39 is 54.6 Å². The van der Waals surface area contributed by atoms with Gasteiger partial charge in [0.25, 0.3) is 5.91 Å². The molecule has 2 aliphatic rings. The number of carbonyl (C=O) groups excluding carboxylic acids is 4. The topological polar surface area (TPSA) is 96.0 Å². The Morgan fingerprint density at radius 1 is 1.02 bits per heavy atom. The zero-order valence-corrected chi connectivity index (χ0v) is 23.2. The molecule has 2 atom stereocenters. The number of amides is 4. The Morgan fingerprint density at radius 3 is 2.30 bits per heavy atom. The van der Waals surface area contributed by atoms with E-state index in [-0.39, 0.29) is 17.9 Å². The SMILES string of the molecule is CC(=O)Nc1ccc(-c2ccc3c(c2)CC[C@@]32OC(=O)N(CC(=O)N(Cc3ccc(F)cc3)[C@@H](C)C(F)(F)F)C2=O)cc1. The highest BCUT2D eigenvalue weighted by Crippen LogP contribution is 2.46. The molecule has 1 heterocycles. The number of ether oxygens (including phenoxy) is 1. The standard InChI is InChI=1S/C31H27F4N3O5/c1-18(31(33,34)35)37(16-20-3-8-24(32)9-4-20)27(40)17-38-28(41)30(43-29(38)42)14-13-23-15-22(7-12-26(23)30)21-5-10-25(11-6-21)36-19(2)39/h3-12,15,18H,13-14,16-17H2,1-2H3,(H,36,39)/t18-,30+/m0/s1. The first-order valence-corrected chi connectivity index (χ1v) is 13.5. The number of anilines is 1. The quantitative estimate of drug-likeness (QED) is 0.361. The fourth-order valence-corrected chi connectivity index (χ4v) is 5.41. The Balaban J connectivity index is 1.36. The van der Waals surface area contributed by atoms with Gasteiger partial charge in [-0.3, -0.25) is 14.4 Å². The summed E-state index contributed by atoms with van der Waals surface area (Å²) in [5.74, 6) is -2.73. The molecule has 43 heavy (non-hydrogen) atoms.